The molecule has 9 heteroatoms. The first-order chi connectivity index (χ1) is 11.9. The van der Waals surface area contributed by atoms with Gasteiger partial charge in [0.15, 0.2) is 0 Å². The zero-order valence-electron chi connectivity index (χ0n) is 12.8. The van der Waals surface area contributed by atoms with Gasteiger partial charge in [0, 0.05) is 17.6 Å². The largest absolute Gasteiger partial charge is 0.416 e. The number of hydrogen-bond donors (Lipinski definition) is 0. The van der Waals surface area contributed by atoms with Crippen LogP contribution in [0.2, 0.25) is 0 Å². The summed E-state index contributed by atoms with van der Waals surface area (Å²) in [6.45, 7) is 1.64. The molecule has 4 aromatic rings. The minimum atomic E-state index is -4.49. The van der Waals surface area contributed by atoms with Crippen LogP contribution in [0.3, 0.4) is 0 Å². The molecule has 0 aliphatic carbocycles. The van der Waals surface area contributed by atoms with E-state index in [1.54, 1.807) is 13.0 Å². The van der Waals surface area contributed by atoms with Crippen LogP contribution in [0.15, 0.2) is 47.7 Å². The van der Waals surface area contributed by atoms with Crippen molar-refractivity contribution in [1.29, 1.82) is 0 Å². The summed E-state index contributed by atoms with van der Waals surface area (Å²) in [7, 11) is 0. The van der Waals surface area contributed by atoms with Gasteiger partial charge in [0.2, 0.25) is 0 Å². The van der Waals surface area contributed by atoms with E-state index in [0.29, 0.717) is 17.0 Å². The molecular weight excluding hydrogens is 335 g/mol. The summed E-state index contributed by atoms with van der Waals surface area (Å²) in [4.78, 5) is 20.9. The molecule has 3 aromatic heterocycles. The monoisotopic (exact) mass is 345 g/mol. The summed E-state index contributed by atoms with van der Waals surface area (Å²) in [5.74, 6) is 0.336. The topological polar surface area (TPSA) is 65.1 Å². The van der Waals surface area contributed by atoms with Crippen LogP contribution < -0.4 is 5.56 Å². The van der Waals surface area contributed by atoms with Crippen LogP contribution in [-0.2, 0) is 6.18 Å². The predicted molar refractivity (Wildman–Crippen MR) is 83.6 cm³/mol. The third-order valence-corrected chi connectivity index (χ3v) is 3.91. The van der Waals surface area contributed by atoms with E-state index in [1.165, 1.54) is 33.7 Å². The van der Waals surface area contributed by atoms with Crippen LogP contribution in [0.1, 0.15) is 11.3 Å². The summed E-state index contributed by atoms with van der Waals surface area (Å²) in [6.07, 6.45) is -1.82. The second kappa shape index (κ2) is 5.13. The Bertz CT molecular complexity index is 1180. The number of hydrogen-bond acceptors (Lipinski definition) is 4. The molecule has 0 fully saturated rings. The van der Waals surface area contributed by atoms with Crippen molar-refractivity contribution in [2.45, 2.75) is 13.1 Å². The second-order valence-electron chi connectivity index (χ2n) is 5.50. The lowest BCUT2D eigenvalue weighted by atomic mass is 10.1. The maximum absolute atomic E-state index is 13.0. The number of nitrogens with zero attached hydrogens (tertiary/aromatic N) is 5. The minimum Gasteiger partial charge on any atom is -0.281 e. The van der Waals surface area contributed by atoms with Crippen molar-refractivity contribution in [3.63, 3.8) is 0 Å². The molecule has 1 aromatic carbocycles. The van der Waals surface area contributed by atoms with E-state index in [2.05, 4.69) is 15.1 Å². The molecule has 0 aliphatic rings. The molecule has 3 heterocycles. The highest BCUT2D eigenvalue weighted by Crippen LogP contribution is 2.30. The fourth-order valence-electron chi connectivity index (χ4n) is 2.78. The number of pyridine rings is 1. The number of halogens is 3. The Morgan fingerprint density at radius 2 is 1.92 bits per heavy atom. The molecule has 0 saturated heterocycles. The normalized spacial score (nSPS) is 12.2. The van der Waals surface area contributed by atoms with Crippen molar-refractivity contribution in [3.8, 4) is 5.69 Å². The molecule has 126 valence electrons. The van der Waals surface area contributed by atoms with Crippen molar-refractivity contribution in [1.82, 2.24) is 24.1 Å². The van der Waals surface area contributed by atoms with Gasteiger partial charge in [-0.25, -0.2) is 4.98 Å². The first-order valence-electron chi connectivity index (χ1n) is 7.25. The summed E-state index contributed by atoms with van der Waals surface area (Å²) in [6, 6.07) is 6.30. The van der Waals surface area contributed by atoms with Crippen LogP contribution in [0, 0.1) is 6.92 Å². The molecule has 4 rings (SSSR count). The Kier molecular flexibility index (Phi) is 3.14. The Morgan fingerprint density at radius 3 is 2.68 bits per heavy atom. The molecule has 0 N–H and O–H groups in total. The molecule has 0 radical (unpaired) electrons. The summed E-state index contributed by atoms with van der Waals surface area (Å²) in [5.41, 5.74) is -0.188. The van der Waals surface area contributed by atoms with E-state index in [4.69, 9.17) is 0 Å². The van der Waals surface area contributed by atoms with E-state index in [-0.39, 0.29) is 11.1 Å². The summed E-state index contributed by atoms with van der Waals surface area (Å²) >= 11 is 0. The molecular formula is C16H10F3N5O. The third-order valence-electron chi connectivity index (χ3n) is 3.91. The van der Waals surface area contributed by atoms with Crippen molar-refractivity contribution in [2.75, 3.05) is 0 Å². The lowest BCUT2D eigenvalue weighted by Crippen LogP contribution is -2.22. The molecule has 0 spiro atoms. The van der Waals surface area contributed by atoms with Gasteiger partial charge in [-0.05, 0) is 31.2 Å². The molecule has 0 saturated carbocycles. The van der Waals surface area contributed by atoms with Crippen LogP contribution in [0.5, 0.6) is 0 Å². The van der Waals surface area contributed by atoms with Crippen molar-refractivity contribution < 1.29 is 13.2 Å². The zero-order valence-corrected chi connectivity index (χ0v) is 12.8. The highest BCUT2D eigenvalue weighted by molar-refractivity contribution is 5.79. The maximum atomic E-state index is 13.0. The first kappa shape index (κ1) is 15.3. The van der Waals surface area contributed by atoms with Gasteiger partial charge in [-0.3, -0.25) is 9.36 Å². The summed E-state index contributed by atoms with van der Waals surface area (Å²) in [5, 5.41) is 4.26. The molecule has 0 unspecified atom stereocenters. The number of rotatable bonds is 1. The van der Waals surface area contributed by atoms with E-state index >= 15 is 0 Å². The minimum absolute atomic E-state index is 0.137. The Balaban J connectivity index is 2.03. The van der Waals surface area contributed by atoms with Crippen LogP contribution in [-0.4, -0.2) is 24.1 Å². The highest BCUT2D eigenvalue weighted by Gasteiger charge is 2.30. The molecule has 0 atom stereocenters. The number of benzene rings is 1. The van der Waals surface area contributed by atoms with Gasteiger partial charge in [-0.2, -0.15) is 27.8 Å². The number of aryl methyl sites for hydroxylation is 1. The highest BCUT2D eigenvalue weighted by atomic mass is 19.4. The average Bonchev–Trinajstić information content (AvgIpc) is 3.03. The lowest BCUT2D eigenvalue weighted by molar-refractivity contribution is -0.137. The summed E-state index contributed by atoms with van der Waals surface area (Å²) < 4.78 is 41.5. The molecule has 0 aliphatic heterocycles. The van der Waals surface area contributed by atoms with Gasteiger partial charge in [-0.1, -0.05) is 6.07 Å². The van der Waals surface area contributed by atoms with Crippen LogP contribution >= 0.6 is 0 Å². The van der Waals surface area contributed by atoms with E-state index in [1.807, 2.05) is 0 Å². The fourth-order valence-corrected chi connectivity index (χ4v) is 2.78. The molecule has 25 heavy (non-hydrogen) atoms. The standard InChI is InChI=1S/C16H10F3N5O/c1-9-5-13-12(7-20-15-21-8-22-24(13)15)14(25)23(9)11-4-2-3-10(6-11)16(17,18)19/h2-8H,1H3. The lowest BCUT2D eigenvalue weighted by Gasteiger charge is -2.14. The van der Waals surface area contributed by atoms with Gasteiger partial charge in [0.05, 0.1) is 16.5 Å². The van der Waals surface area contributed by atoms with Crippen molar-refractivity contribution >= 4 is 16.7 Å². The van der Waals surface area contributed by atoms with Gasteiger partial charge in [-0.15, -0.1) is 0 Å². The Morgan fingerprint density at radius 1 is 1.12 bits per heavy atom. The predicted octanol–water partition coefficient (Wildman–Crippen LogP) is 2.76. The molecule has 6 nitrogen and oxygen atoms in total. The van der Waals surface area contributed by atoms with Crippen molar-refractivity contribution in [3.05, 3.63) is 64.5 Å². The van der Waals surface area contributed by atoms with Crippen molar-refractivity contribution in [2.24, 2.45) is 0 Å². The SMILES string of the molecule is Cc1cc2c(cnc3ncnn32)c(=O)n1-c1cccc(C(F)(F)F)c1. The molecule has 0 bridgehead atoms. The smallest absolute Gasteiger partial charge is 0.281 e. The van der Waals surface area contributed by atoms with E-state index in [0.717, 1.165) is 12.1 Å². The Hall–Kier alpha value is -3.23. The first-order valence-corrected chi connectivity index (χ1v) is 7.25. The number of aromatic nitrogens is 5. The van der Waals surface area contributed by atoms with E-state index in [9.17, 15) is 18.0 Å². The van der Waals surface area contributed by atoms with E-state index < -0.39 is 17.3 Å². The maximum Gasteiger partial charge on any atom is 0.416 e. The average molecular weight is 345 g/mol. The van der Waals surface area contributed by atoms with Crippen LogP contribution in [0.25, 0.3) is 22.4 Å². The number of alkyl halides is 3. The van der Waals surface area contributed by atoms with Gasteiger partial charge < -0.3 is 0 Å². The van der Waals surface area contributed by atoms with Gasteiger partial charge in [0.25, 0.3) is 11.3 Å². The zero-order chi connectivity index (χ0) is 17.8. The van der Waals surface area contributed by atoms with Gasteiger partial charge in [0.1, 0.15) is 6.33 Å². The molecule has 0 amide bonds. The fraction of sp³-hybridized carbons (Fsp3) is 0.125. The number of fused-ring (bicyclic) bond motifs is 3. The van der Waals surface area contributed by atoms with Gasteiger partial charge >= 0.3 is 6.18 Å². The Labute approximate surface area is 138 Å². The third kappa shape index (κ3) is 2.35. The second-order valence-corrected chi connectivity index (χ2v) is 5.50. The quantitative estimate of drug-likeness (QED) is 0.532. The van der Waals surface area contributed by atoms with Crippen LogP contribution in [0.4, 0.5) is 13.2 Å².